The number of hydrogen-bond donors (Lipinski definition) is 1. The van der Waals surface area contributed by atoms with Crippen molar-refractivity contribution in [3.63, 3.8) is 0 Å². The van der Waals surface area contributed by atoms with Gasteiger partial charge in [0.2, 0.25) is 0 Å². The van der Waals surface area contributed by atoms with E-state index in [0.29, 0.717) is 0 Å². The molecule has 0 radical (unpaired) electrons. The van der Waals surface area contributed by atoms with Crippen molar-refractivity contribution in [1.82, 2.24) is 14.7 Å². The summed E-state index contributed by atoms with van der Waals surface area (Å²) in [5.41, 5.74) is 1.58. The average molecular weight is 293 g/mol. The van der Waals surface area contributed by atoms with Crippen LogP contribution < -0.4 is 0 Å². The Kier molecular flexibility index (Phi) is 4.71. The fourth-order valence-electron chi connectivity index (χ4n) is 3.13. The first kappa shape index (κ1) is 16.0. The molecule has 2 rings (SSSR count). The van der Waals surface area contributed by atoms with Crippen LogP contribution in [-0.2, 0) is 17.3 Å². The Morgan fingerprint density at radius 1 is 1.24 bits per heavy atom. The first-order valence-corrected chi connectivity index (χ1v) is 7.81. The number of aromatic nitrogens is 2. The van der Waals surface area contributed by atoms with E-state index in [1.54, 1.807) is 4.68 Å². The van der Waals surface area contributed by atoms with Gasteiger partial charge in [-0.15, -0.1) is 0 Å². The summed E-state index contributed by atoms with van der Waals surface area (Å²) in [5, 5.41) is 14.3. The van der Waals surface area contributed by atoms with E-state index in [1.165, 1.54) is 12.8 Å². The lowest BCUT2D eigenvalue weighted by molar-refractivity contribution is -0.143. The SMILES string of the molecule is Cn1cc(C(C(=O)O)N2CCCCCC2)c(C(C)(C)C)n1. The molecule has 1 aromatic rings. The highest BCUT2D eigenvalue weighted by molar-refractivity contribution is 5.76. The second-order valence-corrected chi connectivity index (χ2v) is 7.05. The second-order valence-electron chi connectivity index (χ2n) is 7.05. The van der Waals surface area contributed by atoms with E-state index in [0.717, 1.165) is 37.2 Å². The van der Waals surface area contributed by atoms with Crippen LogP contribution in [0.2, 0.25) is 0 Å². The van der Waals surface area contributed by atoms with E-state index in [2.05, 4.69) is 30.8 Å². The Balaban J connectivity index is 2.40. The summed E-state index contributed by atoms with van der Waals surface area (Å²) in [5.74, 6) is -0.768. The van der Waals surface area contributed by atoms with E-state index in [-0.39, 0.29) is 5.41 Å². The van der Waals surface area contributed by atoms with Gasteiger partial charge in [-0.2, -0.15) is 5.10 Å². The van der Waals surface area contributed by atoms with E-state index in [9.17, 15) is 9.90 Å². The van der Waals surface area contributed by atoms with Crippen LogP contribution in [0.4, 0.5) is 0 Å². The molecule has 0 saturated carbocycles. The molecule has 2 heterocycles. The van der Waals surface area contributed by atoms with Gasteiger partial charge in [0.1, 0.15) is 6.04 Å². The molecule has 1 atom stereocenters. The van der Waals surface area contributed by atoms with Crippen molar-refractivity contribution in [1.29, 1.82) is 0 Å². The van der Waals surface area contributed by atoms with Crippen molar-refractivity contribution in [2.24, 2.45) is 7.05 Å². The topological polar surface area (TPSA) is 58.4 Å². The van der Waals surface area contributed by atoms with Crippen LogP contribution >= 0.6 is 0 Å². The Morgan fingerprint density at radius 3 is 2.29 bits per heavy atom. The van der Waals surface area contributed by atoms with Crippen LogP contribution in [0.1, 0.15) is 63.8 Å². The van der Waals surface area contributed by atoms with Gasteiger partial charge in [-0.1, -0.05) is 33.6 Å². The number of aryl methyl sites for hydroxylation is 1. The normalized spacial score (nSPS) is 19.2. The molecule has 1 aromatic heterocycles. The quantitative estimate of drug-likeness (QED) is 0.931. The summed E-state index contributed by atoms with van der Waals surface area (Å²) in [7, 11) is 1.86. The summed E-state index contributed by atoms with van der Waals surface area (Å²) in [6, 6.07) is -0.578. The first-order chi connectivity index (χ1) is 9.80. The Bertz CT molecular complexity index is 494. The highest BCUT2D eigenvalue weighted by Crippen LogP contribution is 2.32. The summed E-state index contributed by atoms with van der Waals surface area (Å²) in [4.78, 5) is 14.0. The van der Waals surface area contributed by atoms with Gasteiger partial charge in [0.25, 0.3) is 0 Å². The summed E-state index contributed by atoms with van der Waals surface area (Å²) in [6.45, 7) is 7.96. The molecular formula is C16H27N3O2. The monoisotopic (exact) mass is 293 g/mol. The zero-order valence-corrected chi connectivity index (χ0v) is 13.6. The van der Waals surface area contributed by atoms with Gasteiger partial charge >= 0.3 is 5.97 Å². The van der Waals surface area contributed by atoms with E-state index in [4.69, 9.17) is 0 Å². The first-order valence-electron chi connectivity index (χ1n) is 7.81. The van der Waals surface area contributed by atoms with Crippen molar-refractivity contribution >= 4 is 5.97 Å². The third-order valence-electron chi connectivity index (χ3n) is 4.10. The van der Waals surface area contributed by atoms with Crippen molar-refractivity contribution < 1.29 is 9.90 Å². The van der Waals surface area contributed by atoms with Crippen molar-refractivity contribution in [3.8, 4) is 0 Å². The van der Waals surface area contributed by atoms with E-state index < -0.39 is 12.0 Å². The number of nitrogens with zero attached hydrogens (tertiary/aromatic N) is 3. The minimum atomic E-state index is -0.768. The molecule has 1 fully saturated rings. The zero-order chi connectivity index (χ0) is 15.6. The predicted molar refractivity (Wildman–Crippen MR) is 82.3 cm³/mol. The molecule has 1 saturated heterocycles. The highest BCUT2D eigenvalue weighted by Gasteiger charge is 2.34. The van der Waals surface area contributed by atoms with Crippen LogP contribution in [0.5, 0.6) is 0 Å². The molecule has 118 valence electrons. The Morgan fingerprint density at radius 2 is 1.81 bits per heavy atom. The number of carboxylic acid groups (broad SMARTS) is 1. The molecule has 5 heteroatoms. The number of aliphatic carboxylic acids is 1. The van der Waals surface area contributed by atoms with Crippen molar-refractivity contribution in [2.45, 2.75) is 57.9 Å². The fourth-order valence-corrected chi connectivity index (χ4v) is 3.13. The third-order valence-corrected chi connectivity index (χ3v) is 4.10. The van der Waals surface area contributed by atoms with Gasteiger partial charge in [-0.25, -0.2) is 0 Å². The average Bonchev–Trinajstić information content (AvgIpc) is 2.59. The number of hydrogen-bond acceptors (Lipinski definition) is 3. The molecule has 0 aliphatic carbocycles. The largest absolute Gasteiger partial charge is 0.480 e. The van der Waals surface area contributed by atoms with Gasteiger partial charge < -0.3 is 5.11 Å². The predicted octanol–water partition coefficient (Wildman–Crippen LogP) is 2.72. The molecule has 21 heavy (non-hydrogen) atoms. The summed E-state index contributed by atoms with van der Waals surface area (Å²) < 4.78 is 1.74. The van der Waals surface area contributed by atoms with Crippen molar-refractivity contribution in [3.05, 3.63) is 17.5 Å². The van der Waals surface area contributed by atoms with Gasteiger partial charge in [0.05, 0.1) is 5.69 Å². The number of rotatable bonds is 3. The lowest BCUT2D eigenvalue weighted by atomic mass is 9.87. The van der Waals surface area contributed by atoms with Crippen LogP contribution in [0, 0.1) is 0 Å². The standard InChI is InChI=1S/C16H27N3O2/c1-16(2,3)14-12(11-18(4)17-14)13(15(20)21)19-9-7-5-6-8-10-19/h11,13H,5-10H2,1-4H3,(H,20,21). The molecule has 0 bridgehead atoms. The minimum absolute atomic E-state index is 0.157. The maximum Gasteiger partial charge on any atom is 0.325 e. The lowest BCUT2D eigenvalue weighted by Crippen LogP contribution is -2.36. The number of likely N-dealkylation sites (tertiary alicyclic amines) is 1. The van der Waals surface area contributed by atoms with Gasteiger partial charge in [0, 0.05) is 24.2 Å². The molecule has 1 aliphatic heterocycles. The Hall–Kier alpha value is -1.36. The van der Waals surface area contributed by atoms with Crippen molar-refractivity contribution in [2.75, 3.05) is 13.1 Å². The molecule has 0 spiro atoms. The summed E-state index contributed by atoms with van der Waals surface area (Å²) in [6.07, 6.45) is 6.43. The number of carboxylic acids is 1. The van der Waals surface area contributed by atoms with Crippen LogP contribution in [-0.4, -0.2) is 38.8 Å². The number of carbonyl (C=O) groups is 1. The van der Waals surface area contributed by atoms with Crippen LogP contribution in [0.3, 0.4) is 0 Å². The van der Waals surface area contributed by atoms with E-state index >= 15 is 0 Å². The molecule has 1 N–H and O–H groups in total. The molecule has 0 aromatic carbocycles. The van der Waals surface area contributed by atoms with Gasteiger partial charge in [0.15, 0.2) is 0 Å². The molecule has 5 nitrogen and oxygen atoms in total. The zero-order valence-electron chi connectivity index (χ0n) is 13.6. The van der Waals surface area contributed by atoms with Gasteiger partial charge in [-0.05, 0) is 25.9 Å². The Labute approximate surface area is 126 Å². The second kappa shape index (κ2) is 6.18. The minimum Gasteiger partial charge on any atom is -0.480 e. The molecule has 1 aliphatic rings. The van der Waals surface area contributed by atoms with E-state index in [1.807, 2.05) is 13.2 Å². The molecule has 0 amide bonds. The van der Waals surface area contributed by atoms with Crippen LogP contribution in [0.15, 0.2) is 6.20 Å². The van der Waals surface area contributed by atoms with Crippen LogP contribution in [0.25, 0.3) is 0 Å². The van der Waals surface area contributed by atoms with Gasteiger partial charge in [-0.3, -0.25) is 14.4 Å². The highest BCUT2D eigenvalue weighted by atomic mass is 16.4. The summed E-state index contributed by atoms with van der Waals surface area (Å²) >= 11 is 0. The maximum atomic E-state index is 11.9. The lowest BCUT2D eigenvalue weighted by Gasteiger charge is -2.29. The smallest absolute Gasteiger partial charge is 0.325 e. The third kappa shape index (κ3) is 3.64. The fraction of sp³-hybridized carbons (Fsp3) is 0.750. The maximum absolute atomic E-state index is 11.9. The molecule has 1 unspecified atom stereocenters. The molecular weight excluding hydrogens is 266 g/mol.